The number of rotatable bonds is 4. The van der Waals surface area contributed by atoms with E-state index in [1.807, 2.05) is 37.3 Å². The van der Waals surface area contributed by atoms with Crippen molar-refractivity contribution in [2.75, 3.05) is 7.11 Å². The van der Waals surface area contributed by atoms with Crippen molar-refractivity contribution in [3.05, 3.63) is 71.3 Å². The molecule has 2 unspecified atom stereocenters. The molecule has 104 valence electrons. The van der Waals surface area contributed by atoms with Crippen molar-refractivity contribution in [1.82, 2.24) is 0 Å². The zero-order valence-corrected chi connectivity index (χ0v) is 11.6. The van der Waals surface area contributed by atoms with Crippen LogP contribution in [-0.4, -0.2) is 18.2 Å². The van der Waals surface area contributed by atoms with E-state index in [2.05, 4.69) is 4.74 Å². The molecule has 0 amide bonds. The van der Waals surface area contributed by atoms with E-state index < -0.39 is 6.10 Å². The van der Waals surface area contributed by atoms with Crippen LogP contribution in [0.25, 0.3) is 0 Å². The van der Waals surface area contributed by atoms with Gasteiger partial charge >= 0.3 is 5.97 Å². The van der Waals surface area contributed by atoms with E-state index in [4.69, 9.17) is 0 Å². The number of hydrogen-bond acceptors (Lipinski definition) is 3. The fourth-order valence-electron chi connectivity index (χ4n) is 2.16. The minimum atomic E-state index is -0.607. The first-order chi connectivity index (χ1) is 9.63. The van der Waals surface area contributed by atoms with Crippen molar-refractivity contribution < 1.29 is 14.6 Å². The average Bonchev–Trinajstić information content (AvgIpc) is 2.53. The van der Waals surface area contributed by atoms with Gasteiger partial charge in [0, 0.05) is 5.92 Å². The molecular weight excluding hydrogens is 252 g/mol. The van der Waals surface area contributed by atoms with Crippen molar-refractivity contribution in [2.45, 2.75) is 18.9 Å². The van der Waals surface area contributed by atoms with E-state index >= 15 is 0 Å². The quantitative estimate of drug-likeness (QED) is 0.867. The van der Waals surface area contributed by atoms with Crippen LogP contribution in [0.4, 0.5) is 0 Å². The van der Waals surface area contributed by atoms with Gasteiger partial charge in [0.2, 0.25) is 0 Å². The van der Waals surface area contributed by atoms with Gasteiger partial charge in [-0.05, 0) is 23.3 Å². The third kappa shape index (κ3) is 3.06. The molecule has 0 spiro atoms. The number of esters is 1. The molecule has 0 aromatic heterocycles. The highest BCUT2D eigenvalue weighted by Gasteiger charge is 2.18. The zero-order valence-electron chi connectivity index (χ0n) is 11.6. The monoisotopic (exact) mass is 270 g/mol. The summed E-state index contributed by atoms with van der Waals surface area (Å²) in [6.45, 7) is 1.98. The second-order valence-electron chi connectivity index (χ2n) is 4.76. The predicted molar refractivity (Wildman–Crippen MR) is 77.6 cm³/mol. The van der Waals surface area contributed by atoms with E-state index in [1.165, 1.54) is 7.11 Å². The van der Waals surface area contributed by atoms with Crippen molar-refractivity contribution in [3.63, 3.8) is 0 Å². The Labute approximate surface area is 118 Å². The molecule has 0 radical (unpaired) electrons. The lowest BCUT2D eigenvalue weighted by Gasteiger charge is -2.19. The molecule has 20 heavy (non-hydrogen) atoms. The molecule has 0 bridgehead atoms. The second kappa shape index (κ2) is 6.35. The summed E-state index contributed by atoms with van der Waals surface area (Å²) < 4.78 is 4.65. The van der Waals surface area contributed by atoms with Crippen LogP contribution in [0.3, 0.4) is 0 Å². The Morgan fingerprint density at radius 3 is 2.15 bits per heavy atom. The molecule has 0 aliphatic rings. The molecule has 2 rings (SSSR count). The molecule has 0 aliphatic carbocycles. The lowest BCUT2D eigenvalue weighted by molar-refractivity contribution is 0.0600. The van der Waals surface area contributed by atoms with Crippen LogP contribution in [0.5, 0.6) is 0 Å². The number of ether oxygens (including phenoxy) is 1. The lowest BCUT2D eigenvalue weighted by Crippen LogP contribution is -2.08. The van der Waals surface area contributed by atoms with Gasteiger partial charge < -0.3 is 9.84 Å². The SMILES string of the molecule is COC(=O)c1ccc(C(O)C(C)c2ccccc2)cc1. The number of aliphatic hydroxyl groups is 1. The van der Waals surface area contributed by atoms with Gasteiger partial charge in [0.25, 0.3) is 0 Å². The topological polar surface area (TPSA) is 46.5 Å². The number of methoxy groups -OCH3 is 1. The van der Waals surface area contributed by atoms with Crippen molar-refractivity contribution in [2.24, 2.45) is 0 Å². The Kier molecular flexibility index (Phi) is 4.53. The summed E-state index contributed by atoms with van der Waals surface area (Å²) in [6.07, 6.45) is -0.607. The Morgan fingerprint density at radius 1 is 1.00 bits per heavy atom. The average molecular weight is 270 g/mol. The fourth-order valence-corrected chi connectivity index (χ4v) is 2.16. The Hall–Kier alpha value is -2.13. The van der Waals surface area contributed by atoms with Gasteiger partial charge in [-0.3, -0.25) is 0 Å². The van der Waals surface area contributed by atoms with Gasteiger partial charge in [-0.15, -0.1) is 0 Å². The van der Waals surface area contributed by atoms with E-state index in [0.717, 1.165) is 11.1 Å². The fraction of sp³-hybridized carbons (Fsp3) is 0.235. The third-order valence-corrected chi connectivity index (χ3v) is 3.47. The maximum atomic E-state index is 11.4. The van der Waals surface area contributed by atoms with Crippen LogP contribution in [-0.2, 0) is 4.74 Å². The number of carbonyl (C=O) groups excluding carboxylic acids is 1. The van der Waals surface area contributed by atoms with Crippen molar-refractivity contribution >= 4 is 5.97 Å². The molecule has 1 N–H and O–H groups in total. The molecule has 2 aromatic carbocycles. The van der Waals surface area contributed by atoms with Gasteiger partial charge in [-0.1, -0.05) is 49.4 Å². The first-order valence-corrected chi connectivity index (χ1v) is 6.54. The summed E-state index contributed by atoms with van der Waals surface area (Å²) in [5.41, 5.74) is 2.35. The predicted octanol–water partition coefficient (Wildman–Crippen LogP) is 3.31. The first kappa shape index (κ1) is 14.3. The van der Waals surface area contributed by atoms with Crippen LogP contribution in [0.2, 0.25) is 0 Å². The van der Waals surface area contributed by atoms with E-state index in [9.17, 15) is 9.90 Å². The minimum absolute atomic E-state index is 0.0137. The Balaban J connectivity index is 2.17. The van der Waals surface area contributed by atoms with Crippen LogP contribution in [0.15, 0.2) is 54.6 Å². The Morgan fingerprint density at radius 2 is 1.60 bits per heavy atom. The van der Waals surface area contributed by atoms with E-state index in [1.54, 1.807) is 24.3 Å². The molecule has 3 heteroatoms. The van der Waals surface area contributed by atoms with Gasteiger partial charge in [0.15, 0.2) is 0 Å². The minimum Gasteiger partial charge on any atom is -0.465 e. The maximum Gasteiger partial charge on any atom is 0.337 e. The van der Waals surface area contributed by atoms with Crippen molar-refractivity contribution in [3.8, 4) is 0 Å². The molecule has 0 aliphatic heterocycles. The van der Waals surface area contributed by atoms with Gasteiger partial charge in [0.1, 0.15) is 0 Å². The molecule has 0 saturated heterocycles. The Bertz CT molecular complexity index is 561. The summed E-state index contributed by atoms with van der Waals surface area (Å²) >= 11 is 0. The van der Waals surface area contributed by atoms with Crippen LogP contribution >= 0.6 is 0 Å². The smallest absolute Gasteiger partial charge is 0.337 e. The third-order valence-electron chi connectivity index (χ3n) is 3.47. The first-order valence-electron chi connectivity index (χ1n) is 6.54. The summed E-state index contributed by atoms with van der Waals surface area (Å²) in [5, 5.41) is 10.4. The largest absolute Gasteiger partial charge is 0.465 e. The summed E-state index contributed by atoms with van der Waals surface area (Å²) in [6, 6.07) is 16.7. The summed E-state index contributed by atoms with van der Waals surface area (Å²) in [7, 11) is 1.35. The highest BCUT2D eigenvalue weighted by atomic mass is 16.5. The normalized spacial score (nSPS) is 13.6. The highest BCUT2D eigenvalue weighted by Crippen LogP contribution is 2.30. The van der Waals surface area contributed by atoms with Gasteiger partial charge in [-0.2, -0.15) is 0 Å². The van der Waals surface area contributed by atoms with Gasteiger partial charge in [0.05, 0.1) is 18.8 Å². The van der Waals surface area contributed by atoms with Crippen LogP contribution < -0.4 is 0 Å². The number of carbonyl (C=O) groups is 1. The van der Waals surface area contributed by atoms with Crippen LogP contribution in [0.1, 0.15) is 40.4 Å². The standard InChI is InChI=1S/C17H18O3/c1-12(13-6-4-3-5-7-13)16(18)14-8-10-15(11-9-14)17(19)20-2/h3-12,16,18H,1-2H3. The van der Waals surface area contributed by atoms with Crippen molar-refractivity contribution in [1.29, 1.82) is 0 Å². The van der Waals surface area contributed by atoms with Gasteiger partial charge in [-0.25, -0.2) is 4.79 Å². The number of benzene rings is 2. The summed E-state index contributed by atoms with van der Waals surface area (Å²) in [5.74, 6) is -0.387. The second-order valence-corrected chi connectivity index (χ2v) is 4.76. The van der Waals surface area contributed by atoms with E-state index in [0.29, 0.717) is 5.56 Å². The molecule has 2 aromatic rings. The maximum absolute atomic E-state index is 11.4. The molecule has 0 fully saturated rings. The lowest BCUT2D eigenvalue weighted by atomic mass is 9.90. The highest BCUT2D eigenvalue weighted by molar-refractivity contribution is 5.89. The molecule has 0 heterocycles. The van der Waals surface area contributed by atoms with E-state index in [-0.39, 0.29) is 11.9 Å². The molecule has 0 saturated carbocycles. The molecule has 3 nitrogen and oxygen atoms in total. The van der Waals surface area contributed by atoms with Crippen LogP contribution in [0, 0.1) is 0 Å². The zero-order chi connectivity index (χ0) is 14.5. The summed E-state index contributed by atoms with van der Waals surface area (Å²) in [4.78, 5) is 11.4. The number of aliphatic hydroxyl groups excluding tert-OH is 1. The molecule has 2 atom stereocenters. The number of hydrogen-bond donors (Lipinski definition) is 1. The molecular formula is C17H18O3.